The first-order valence-corrected chi connectivity index (χ1v) is 7.73. The number of nitrogens with one attached hydrogen (secondary N) is 1. The molecule has 0 spiro atoms. The number of hydrogen-bond acceptors (Lipinski definition) is 4. The summed E-state index contributed by atoms with van der Waals surface area (Å²) in [6.07, 6.45) is 0. The zero-order chi connectivity index (χ0) is 16.6. The van der Waals surface area contributed by atoms with Gasteiger partial charge in [-0.15, -0.1) is 0 Å². The van der Waals surface area contributed by atoms with E-state index in [0.717, 1.165) is 6.07 Å². The molecule has 0 aliphatic carbocycles. The predicted octanol–water partition coefficient (Wildman–Crippen LogP) is 0.815. The Morgan fingerprint density at radius 1 is 1.38 bits per heavy atom. The molecule has 1 aromatic carbocycles. The summed E-state index contributed by atoms with van der Waals surface area (Å²) in [6.45, 7) is 5.79. The average molecular weight is 317 g/mol. The van der Waals surface area contributed by atoms with Gasteiger partial charge >= 0.3 is 0 Å². The van der Waals surface area contributed by atoms with Crippen molar-refractivity contribution in [1.29, 1.82) is 0 Å². The van der Waals surface area contributed by atoms with Crippen molar-refractivity contribution >= 4 is 21.6 Å². The Morgan fingerprint density at radius 3 is 2.38 bits per heavy atom. The van der Waals surface area contributed by atoms with Gasteiger partial charge in [-0.2, -0.15) is 0 Å². The van der Waals surface area contributed by atoms with Crippen LogP contribution in [-0.2, 0) is 14.8 Å². The Hall–Kier alpha value is -1.67. The van der Waals surface area contributed by atoms with Crippen LogP contribution in [0, 0.1) is 25.1 Å². The molecule has 0 fully saturated rings. The van der Waals surface area contributed by atoms with Gasteiger partial charge in [-0.25, -0.2) is 17.5 Å². The molecule has 0 aliphatic heterocycles. The van der Waals surface area contributed by atoms with Crippen LogP contribution in [0.3, 0.4) is 0 Å². The highest BCUT2D eigenvalue weighted by atomic mass is 32.2. The fourth-order valence-electron chi connectivity index (χ4n) is 1.78. The molecule has 6 nitrogen and oxygen atoms in total. The second kappa shape index (κ2) is 5.61. The van der Waals surface area contributed by atoms with Gasteiger partial charge in [0.2, 0.25) is 15.9 Å². The summed E-state index contributed by atoms with van der Waals surface area (Å²) in [5, 5.41) is 0. The number of carbonyl (C=O) groups is 1. The molecule has 5 N–H and O–H groups in total. The molecule has 1 aromatic rings. The molecule has 0 radical (unpaired) electrons. The molecule has 118 valence electrons. The number of aryl methyl sites for hydroxylation is 1. The number of amides is 1. The molecule has 8 heteroatoms. The van der Waals surface area contributed by atoms with E-state index in [1.54, 1.807) is 0 Å². The zero-order valence-corrected chi connectivity index (χ0v) is 13.3. The number of halogens is 1. The molecule has 0 aliphatic rings. The van der Waals surface area contributed by atoms with Gasteiger partial charge in [0, 0.05) is 6.54 Å². The lowest BCUT2D eigenvalue weighted by molar-refractivity contribution is -0.125. The van der Waals surface area contributed by atoms with Crippen LogP contribution in [0.15, 0.2) is 11.0 Å². The summed E-state index contributed by atoms with van der Waals surface area (Å²) >= 11 is 0. The first kappa shape index (κ1) is 17.4. The number of nitrogens with two attached hydrogens (primary N) is 2. The highest BCUT2D eigenvalue weighted by Crippen LogP contribution is 2.27. The van der Waals surface area contributed by atoms with Gasteiger partial charge in [-0.1, -0.05) is 0 Å². The third kappa shape index (κ3) is 3.51. The fraction of sp³-hybridized carbons (Fsp3) is 0.462. The summed E-state index contributed by atoms with van der Waals surface area (Å²) < 4.78 is 40.5. The number of benzene rings is 1. The topological polar surface area (TPSA) is 115 Å². The molecule has 1 rings (SSSR count). The summed E-state index contributed by atoms with van der Waals surface area (Å²) in [4.78, 5) is 11.1. The highest BCUT2D eigenvalue weighted by molar-refractivity contribution is 7.89. The zero-order valence-electron chi connectivity index (χ0n) is 12.5. The van der Waals surface area contributed by atoms with Crippen molar-refractivity contribution in [3.05, 3.63) is 23.0 Å². The van der Waals surface area contributed by atoms with Crippen LogP contribution in [0.1, 0.15) is 25.0 Å². The van der Waals surface area contributed by atoms with Crippen LogP contribution in [0.25, 0.3) is 0 Å². The summed E-state index contributed by atoms with van der Waals surface area (Å²) in [6, 6.07) is 1.07. The first-order chi connectivity index (χ1) is 9.40. The van der Waals surface area contributed by atoms with Crippen molar-refractivity contribution < 1.29 is 17.6 Å². The van der Waals surface area contributed by atoms with Gasteiger partial charge in [-0.05, 0) is 44.9 Å². The van der Waals surface area contributed by atoms with E-state index < -0.39 is 27.2 Å². The second-order valence-electron chi connectivity index (χ2n) is 5.62. The molecular weight excluding hydrogens is 297 g/mol. The smallest absolute Gasteiger partial charge is 0.241 e. The molecule has 0 heterocycles. The number of rotatable bonds is 5. The molecule has 0 unspecified atom stereocenters. The lowest BCUT2D eigenvalue weighted by Crippen LogP contribution is -2.42. The van der Waals surface area contributed by atoms with Crippen molar-refractivity contribution in [2.45, 2.75) is 32.6 Å². The lowest BCUT2D eigenvalue weighted by Gasteiger charge is -2.22. The van der Waals surface area contributed by atoms with Crippen molar-refractivity contribution in [2.24, 2.45) is 11.1 Å². The minimum atomic E-state index is -3.93. The van der Waals surface area contributed by atoms with E-state index in [-0.39, 0.29) is 28.3 Å². The molecule has 0 saturated heterocycles. The minimum absolute atomic E-state index is 0.0818. The normalized spacial score (nSPS) is 12.4. The second-order valence-corrected chi connectivity index (χ2v) is 7.32. The SMILES string of the molecule is Cc1cc(F)c(N)c(C)c1S(=O)(=O)NCC(C)(C)C(N)=O. The quantitative estimate of drug-likeness (QED) is 0.697. The van der Waals surface area contributed by atoms with Gasteiger partial charge in [0.05, 0.1) is 16.0 Å². The maximum absolute atomic E-state index is 13.5. The molecule has 1 amide bonds. The Balaban J connectivity index is 3.22. The molecule has 21 heavy (non-hydrogen) atoms. The van der Waals surface area contributed by atoms with Crippen molar-refractivity contribution in [3.8, 4) is 0 Å². The maximum Gasteiger partial charge on any atom is 0.241 e. The lowest BCUT2D eigenvalue weighted by atomic mass is 9.93. The Labute approximate surface area is 123 Å². The van der Waals surface area contributed by atoms with E-state index in [4.69, 9.17) is 11.5 Å². The number of sulfonamides is 1. The first-order valence-electron chi connectivity index (χ1n) is 6.25. The van der Waals surface area contributed by atoms with Crippen molar-refractivity contribution in [2.75, 3.05) is 12.3 Å². The van der Waals surface area contributed by atoms with Crippen LogP contribution >= 0.6 is 0 Å². The number of nitrogen functional groups attached to an aromatic ring is 1. The van der Waals surface area contributed by atoms with Crippen molar-refractivity contribution in [3.63, 3.8) is 0 Å². The summed E-state index contributed by atoms with van der Waals surface area (Å²) in [5.74, 6) is -1.29. The molecular formula is C13H20FN3O3S. The van der Waals surface area contributed by atoms with Crippen LogP contribution in [0.5, 0.6) is 0 Å². The number of anilines is 1. The van der Waals surface area contributed by atoms with E-state index in [9.17, 15) is 17.6 Å². The molecule has 0 atom stereocenters. The number of primary amides is 1. The molecule has 0 saturated carbocycles. The van der Waals surface area contributed by atoms with Crippen LogP contribution in [0.4, 0.5) is 10.1 Å². The third-order valence-corrected chi connectivity index (χ3v) is 5.03. The number of carbonyl (C=O) groups excluding carboxylic acids is 1. The Bertz CT molecular complexity index is 684. The Kier molecular flexibility index (Phi) is 4.64. The highest BCUT2D eigenvalue weighted by Gasteiger charge is 2.29. The molecule has 0 bridgehead atoms. The van der Waals surface area contributed by atoms with E-state index in [1.165, 1.54) is 27.7 Å². The summed E-state index contributed by atoms with van der Waals surface area (Å²) in [7, 11) is -3.93. The number of hydrogen-bond donors (Lipinski definition) is 3. The van der Waals surface area contributed by atoms with Gasteiger partial charge in [0.15, 0.2) is 0 Å². The van der Waals surface area contributed by atoms with Crippen LogP contribution in [-0.4, -0.2) is 20.9 Å². The van der Waals surface area contributed by atoms with Gasteiger partial charge < -0.3 is 11.5 Å². The third-order valence-electron chi connectivity index (χ3n) is 3.34. The van der Waals surface area contributed by atoms with E-state index in [2.05, 4.69) is 4.72 Å². The summed E-state index contributed by atoms with van der Waals surface area (Å²) in [5.41, 5.74) is 9.86. The van der Waals surface area contributed by atoms with E-state index in [0.29, 0.717) is 0 Å². The predicted molar refractivity (Wildman–Crippen MR) is 78.5 cm³/mol. The minimum Gasteiger partial charge on any atom is -0.396 e. The average Bonchev–Trinajstić information content (AvgIpc) is 2.33. The van der Waals surface area contributed by atoms with Gasteiger partial charge in [0.1, 0.15) is 5.82 Å². The Morgan fingerprint density at radius 2 is 1.90 bits per heavy atom. The standard InChI is InChI=1S/C13H20FN3O3S/c1-7-5-9(14)10(15)8(2)11(7)21(19,20)17-6-13(3,4)12(16)18/h5,17H,6,15H2,1-4H3,(H2,16,18). The van der Waals surface area contributed by atoms with Gasteiger partial charge in [0.25, 0.3) is 0 Å². The maximum atomic E-state index is 13.5. The van der Waals surface area contributed by atoms with Gasteiger partial charge in [-0.3, -0.25) is 4.79 Å². The van der Waals surface area contributed by atoms with Crippen LogP contribution in [0.2, 0.25) is 0 Å². The van der Waals surface area contributed by atoms with E-state index >= 15 is 0 Å². The largest absolute Gasteiger partial charge is 0.396 e. The van der Waals surface area contributed by atoms with Crippen LogP contribution < -0.4 is 16.2 Å². The van der Waals surface area contributed by atoms with E-state index in [1.807, 2.05) is 0 Å². The molecule has 0 aromatic heterocycles. The van der Waals surface area contributed by atoms with Crippen molar-refractivity contribution in [1.82, 2.24) is 4.72 Å². The fourth-order valence-corrected chi connectivity index (χ4v) is 3.47. The monoisotopic (exact) mass is 317 g/mol.